The number of ether oxygens (including phenoxy) is 12. The highest BCUT2D eigenvalue weighted by molar-refractivity contribution is 5.85. The van der Waals surface area contributed by atoms with Gasteiger partial charge in [-0.05, 0) is 80.6 Å². The van der Waals surface area contributed by atoms with Crippen molar-refractivity contribution in [2.45, 2.75) is 193 Å². The van der Waals surface area contributed by atoms with E-state index in [9.17, 15) is 38.7 Å². The molecular weight excluding hydrogens is 897 g/mol. The highest BCUT2D eigenvalue weighted by atomic mass is 16.8. The third kappa shape index (κ3) is 10.0. The Hall–Kier alpha value is -4.21. The van der Waals surface area contributed by atoms with E-state index in [0.29, 0.717) is 32.1 Å². The maximum atomic E-state index is 13.0. The van der Waals surface area contributed by atoms with Crippen molar-refractivity contribution in [3.8, 4) is 0 Å². The molecule has 1 N–H and O–H groups in total. The van der Waals surface area contributed by atoms with Crippen molar-refractivity contribution >= 4 is 41.8 Å². The summed E-state index contributed by atoms with van der Waals surface area (Å²) in [6, 6.07) is 0. The fourth-order valence-corrected chi connectivity index (χ4v) is 13.4. The molecule has 0 bridgehead atoms. The summed E-state index contributed by atoms with van der Waals surface area (Å²) >= 11 is 0. The van der Waals surface area contributed by atoms with Crippen LogP contribution in [0, 0.1) is 34.5 Å². The van der Waals surface area contributed by atoms with Crippen LogP contribution in [0.3, 0.4) is 0 Å². The van der Waals surface area contributed by atoms with Gasteiger partial charge in [0.15, 0.2) is 43.1 Å². The molecule has 7 aliphatic rings. The third-order valence-corrected chi connectivity index (χ3v) is 16.0. The Balaban J connectivity index is 1.12. The van der Waals surface area contributed by atoms with Crippen molar-refractivity contribution in [2.24, 2.45) is 34.5 Å². The molecule has 0 unspecified atom stereocenters. The standard InChI is InChI=1S/C48H68O20/c1-22-38(62-24(3)50)40(57-10)42(65-27(6)53)44(60-22)59-21-35-39(63-25(4)51)41(64-26(5)52)43(66-28(7)54)45(68-35)67-31-13-15-46(8)30(18-31)11-12-33-32(46)14-16-47(9)37(29-17-36(55)58-20-29)34(61-23(2)49)19-48(33,47)56/h17,22,30-35,37-45,56H,11-16,18-21H2,1-10H3/t22-,30+,31+,32-,33+,34-,35-,37-,38-,39-,40-,41+,42-,43-,44-,45-,46+,47-,48+/m1/s1. The summed E-state index contributed by atoms with van der Waals surface area (Å²) < 4.78 is 70.9. The molecule has 3 aliphatic heterocycles. The molecule has 3 heterocycles. The number of fused-ring (bicyclic) bond motifs is 5. The topological polar surface area (TPSA) is 250 Å². The number of hydrogen-bond donors (Lipinski definition) is 1. The van der Waals surface area contributed by atoms with Crippen LogP contribution in [-0.4, -0.2) is 146 Å². The Kier molecular flexibility index (Phi) is 15.4. The average Bonchev–Trinajstić information content (AvgIpc) is 3.75. The predicted molar refractivity (Wildman–Crippen MR) is 229 cm³/mol. The molecule has 2 saturated heterocycles. The van der Waals surface area contributed by atoms with Crippen LogP contribution in [0.1, 0.15) is 114 Å². The minimum atomic E-state index is -1.43. The van der Waals surface area contributed by atoms with Crippen LogP contribution in [0.25, 0.3) is 0 Å². The SMILES string of the molecule is CO[C@H]1[C@@H](OC(C)=O)[C@H](OC[C@H]2O[C@@H](O[C@H]3CC[C@@]4(C)[C@@H](CC[C@H]5[C@H]4CC[C@]4(C)[C@H](C6=CC(=O)OC6)[C@H](OC(C)=O)C[C@]54O)C3)[C@H](OC(C)=O)[C@@H](OC(C)=O)[C@@H]2OC(C)=O)O[C@H](C)[C@H]1OC(C)=O. The predicted octanol–water partition coefficient (Wildman–Crippen LogP) is 3.33. The molecular formula is C48H68O20. The van der Waals surface area contributed by atoms with Crippen LogP contribution in [-0.2, 0) is 90.4 Å². The fraction of sp³-hybridized carbons (Fsp3) is 0.812. The van der Waals surface area contributed by atoms with Crippen LogP contribution in [0.2, 0.25) is 0 Å². The van der Waals surface area contributed by atoms with Crippen molar-refractivity contribution in [1.29, 1.82) is 0 Å². The normalized spacial score (nSPS) is 43.0. The number of rotatable bonds is 13. The van der Waals surface area contributed by atoms with Gasteiger partial charge in [0, 0.05) is 72.5 Å². The first kappa shape index (κ1) is 51.6. The van der Waals surface area contributed by atoms with E-state index in [0.717, 1.165) is 32.3 Å². The van der Waals surface area contributed by atoms with Gasteiger partial charge in [0.25, 0.3) is 0 Å². The molecule has 0 aromatic carbocycles. The quantitative estimate of drug-likeness (QED) is 0.158. The summed E-state index contributed by atoms with van der Waals surface area (Å²) in [7, 11) is 1.35. The zero-order valence-electron chi connectivity index (χ0n) is 40.6. The molecule has 19 atom stereocenters. The van der Waals surface area contributed by atoms with Crippen LogP contribution >= 0.6 is 0 Å². The molecule has 0 aromatic heterocycles. The van der Waals surface area contributed by atoms with Crippen LogP contribution in [0.5, 0.6) is 0 Å². The Labute approximate surface area is 395 Å². The molecule has 0 spiro atoms. The summed E-state index contributed by atoms with van der Waals surface area (Å²) in [6.07, 6.45) is -6.78. The summed E-state index contributed by atoms with van der Waals surface area (Å²) in [5.41, 5.74) is -1.33. The average molecular weight is 965 g/mol. The van der Waals surface area contributed by atoms with Crippen molar-refractivity contribution in [3.63, 3.8) is 0 Å². The second-order valence-electron chi connectivity index (χ2n) is 20.2. The van der Waals surface area contributed by atoms with Gasteiger partial charge in [-0.3, -0.25) is 28.8 Å². The first-order valence-electron chi connectivity index (χ1n) is 23.7. The van der Waals surface area contributed by atoms with Gasteiger partial charge in [-0.15, -0.1) is 0 Å². The van der Waals surface area contributed by atoms with Gasteiger partial charge in [0.2, 0.25) is 0 Å². The van der Waals surface area contributed by atoms with Crippen LogP contribution < -0.4 is 0 Å². The fourth-order valence-electron chi connectivity index (χ4n) is 13.4. The lowest BCUT2D eigenvalue weighted by Crippen LogP contribution is -2.65. The van der Waals surface area contributed by atoms with Crippen LogP contribution in [0.4, 0.5) is 0 Å². The highest BCUT2D eigenvalue weighted by Gasteiger charge is 2.71. The first-order chi connectivity index (χ1) is 32.0. The second kappa shape index (κ2) is 20.3. The monoisotopic (exact) mass is 964 g/mol. The minimum Gasteiger partial charge on any atom is -0.462 e. The summed E-state index contributed by atoms with van der Waals surface area (Å²) in [5.74, 6) is -4.71. The lowest BCUT2D eigenvalue weighted by atomic mass is 9.43. The Bertz CT molecular complexity index is 1990. The van der Waals surface area contributed by atoms with E-state index in [2.05, 4.69) is 13.8 Å². The molecule has 20 nitrogen and oxygen atoms in total. The molecule has 7 rings (SSSR count). The van der Waals surface area contributed by atoms with Gasteiger partial charge in [-0.2, -0.15) is 0 Å². The number of carbonyl (C=O) groups is 7. The van der Waals surface area contributed by atoms with Crippen molar-refractivity contribution in [2.75, 3.05) is 20.3 Å². The smallest absolute Gasteiger partial charge is 0.331 e. The third-order valence-electron chi connectivity index (χ3n) is 16.0. The maximum Gasteiger partial charge on any atom is 0.331 e. The number of esters is 7. The Morgan fingerprint density at radius 2 is 1.28 bits per heavy atom. The lowest BCUT2D eigenvalue weighted by Gasteiger charge is -2.63. The largest absolute Gasteiger partial charge is 0.462 e. The molecule has 4 aliphatic carbocycles. The van der Waals surface area contributed by atoms with E-state index in [1.54, 1.807) is 6.92 Å². The van der Waals surface area contributed by atoms with E-state index in [-0.39, 0.29) is 42.1 Å². The van der Waals surface area contributed by atoms with E-state index in [4.69, 9.17) is 56.8 Å². The summed E-state index contributed by atoms with van der Waals surface area (Å²) in [6.45, 7) is 12.9. The summed E-state index contributed by atoms with van der Waals surface area (Å²) in [4.78, 5) is 87.1. The molecule has 68 heavy (non-hydrogen) atoms. The Morgan fingerprint density at radius 3 is 1.87 bits per heavy atom. The minimum absolute atomic E-state index is 0.101. The van der Waals surface area contributed by atoms with Gasteiger partial charge in [-0.1, -0.05) is 13.8 Å². The Morgan fingerprint density at radius 1 is 0.691 bits per heavy atom. The van der Waals surface area contributed by atoms with Crippen molar-refractivity contribution in [3.05, 3.63) is 11.6 Å². The molecule has 6 fully saturated rings. The molecule has 20 heteroatoms. The number of carbonyl (C=O) groups excluding carboxylic acids is 7. The molecule has 4 saturated carbocycles. The van der Waals surface area contributed by atoms with Crippen molar-refractivity contribution < 1.29 is 95.5 Å². The van der Waals surface area contributed by atoms with Crippen LogP contribution in [0.15, 0.2) is 11.6 Å². The van der Waals surface area contributed by atoms with Crippen molar-refractivity contribution in [1.82, 2.24) is 0 Å². The van der Waals surface area contributed by atoms with E-state index >= 15 is 0 Å². The second-order valence-corrected chi connectivity index (χ2v) is 20.2. The molecule has 0 amide bonds. The van der Waals surface area contributed by atoms with E-state index in [1.165, 1.54) is 40.9 Å². The molecule has 0 radical (unpaired) electrons. The molecule has 0 aromatic rings. The number of aliphatic hydroxyl groups is 1. The summed E-state index contributed by atoms with van der Waals surface area (Å²) in [5, 5.41) is 13.0. The van der Waals surface area contributed by atoms with Gasteiger partial charge < -0.3 is 61.9 Å². The highest BCUT2D eigenvalue weighted by Crippen LogP contribution is 2.70. The van der Waals surface area contributed by atoms with Gasteiger partial charge in [0.05, 0.1) is 24.4 Å². The lowest BCUT2D eigenvalue weighted by molar-refractivity contribution is -0.339. The first-order valence-corrected chi connectivity index (χ1v) is 23.7. The van der Waals surface area contributed by atoms with Gasteiger partial charge in [0.1, 0.15) is 24.9 Å². The zero-order chi connectivity index (χ0) is 49.6. The molecule has 380 valence electrons. The maximum absolute atomic E-state index is 13.0. The van der Waals surface area contributed by atoms with Gasteiger partial charge in [-0.25, -0.2) is 4.79 Å². The van der Waals surface area contributed by atoms with E-state index < -0.39 is 133 Å². The number of cyclic esters (lactones) is 1. The van der Waals surface area contributed by atoms with Gasteiger partial charge >= 0.3 is 41.8 Å². The number of hydrogen-bond acceptors (Lipinski definition) is 20. The van der Waals surface area contributed by atoms with E-state index in [1.807, 2.05) is 0 Å². The number of methoxy groups -OCH3 is 1. The zero-order valence-corrected chi connectivity index (χ0v) is 40.6.